The molecule has 34 heavy (non-hydrogen) atoms. The smallest absolute Gasteiger partial charge is 0.127 e. The van der Waals surface area contributed by atoms with Crippen LogP contribution in [0.25, 0.3) is 10.8 Å². The second-order valence-electron chi connectivity index (χ2n) is 8.63. The van der Waals surface area contributed by atoms with E-state index >= 15 is 0 Å². The molecular weight excluding hydrogens is 422 g/mol. The Labute approximate surface area is 202 Å². The van der Waals surface area contributed by atoms with Crippen LogP contribution >= 0.6 is 0 Å². The van der Waals surface area contributed by atoms with Crippen LogP contribution in [0.3, 0.4) is 0 Å². The maximum atomic E-state index is 10.5. The fourth-order valence-corrected chi connectivity index (χ4v) is 4.19. The zero-order chi connectivity index (χ0) is 23.6. The van der Waals surface area contributed by atoms with E-state index < -0.39 is 6.10 Å². The molecule has 1 N–H and O–H groups in total. The van der Waals surface area contributed by atoms with Gasteiger partial charge in [-0.15, -0.1) is 0 Å². The highest BCUT2D eigenvalue weighted by Gasteiger charge is 2.15. The minimum absolute atomic E-state index is 0.0765. The van der Waals surface area contributed by atoms with Crippen LogP contribution in [0, 0.1) is 0 Å². The Hall–Kier alpha value is -3.18. The van der Waals surface area contributed by atoms with Gasteiger partial charge >= 0.3 is 0 Å². The molecule has 0 fully saturated rings. The van der Waals surface area contributed by atoms with Crippen molar-refractivity contribution in [1.82, 2.24) is 4.90 Å². The molecule has 4 aromatic rings. The molecule has 1 atom stereocenters. The van der Waals surface area contributed by atoms with Gasteiger partial charge in [-0.2, -0.15) is 0 Å². The first-order chi connectivity index (χ1) is 16.7. The lowest BCUT2D eigenvalue weighted by Crippen LogP contribution is -2.34. The molecule has 4 rings (SSSR count). The van der Waals surface area contributed by atoms with Gasteiger partial charge in [0.05, 0.1) is 0 Å². The second kappa shape index (κ2) is 12.3. The van der Waals surface area contributed by atoms with E-state index in [2.05, 4.69) is 41.3 Å². The summed E-state index contributed by atoms with van der Waals surface area (Å²) in [5.41, 5.74) is 2.31. The molecule has 0 heterocycles. The summed E-state index contributed by atoms with van der Waals surface area (Å²) in [7, 11) is 2.02. The summed E-state index contributed by atoms with van der Waals surface area (Å²) < 4.78 is 12.2. The maximum Gasteiger partial charge on any atom is 0.127 e. The van der Waals surface area contributed by atoms with Crippen molar-refractivity contribution in [3.8, 4) is 5.75 Å². The van der Waals surface area contributed by atoms with Crippen molar-refractivity contribution in [3.05, 3.63) is 114 Å². The maximum absolute atomic E-state index is 10.5. The SMILES string of the molecule is CN(CCCOC(c1ccccc1)c1ccccc1)CC(O)COc1cccc2ccccc12. The monoisotopic (exact) mass is 455 g/mol. The Bertz CT molecular complexity index is 1090. The van der Waals surface area contributed by atoms with Gasteiger partial charge in [0.1, 0.15) is 24.6 Å². The third kappa shape index (κ3) is 6.67. The number of ether oxygens (including phenoxy) is 2. The predicted octanol–water partition coefficient (Wildman–Crippen LogP) is 5.71. The highest BCUT2D eigenvalue weighted by atomic mass is 16.5. The molecule has 0 amide bonds. The third-order valence-corrected chi connectivity index (χ3v) is 5.88. The molecule has 1 unspecified atom stereocenters. The van der Waals surface area contributed by atoms with Crippen molar-refractivity contribution in [2.24, 2.45) is 0 Å². The molecule has 4 nitrogen and oxygen atoms in total. The van der Waals surface area contributed by atoms with Crippen LogP contribution in [0.1, 0.15) is 23.7 Å². The van der Waals surface area contributed by atoms with E-state index in [1.54, 1.807) is 0 Å². The molecule has 0 aliphatic carbocycles. The average molecular weight is 456 g/mol. The molecule has 176 valence electrons. The number of hydrogen-bond acceptors (Lipinski definition) is 4. The molecule has 0 aliphatic rings. The minimum Gasteiger partial charge on any atom is -0.490 e. The number of likely N-dealkylation sites (N-methyl/N-ethyl adjacent to an activating group) is 1. The van der Waals surface area contributed by atoms with E-state index in [0.717, 1.165) is 40.6 Å². The van der Waals surface area contributed by atoms with Crippen LogP contribution in [-0.4, -0.2) is 49.5 Å². The van der Waals surface area contributed by atoms with Gasteiger partial charge in [-0.3, -0.25) is 0 Å². The Morgan fingerprint density at radius 3 is 2.09 bits per heavy atom. The van der Waals surface area contributed by atoms with E-state index in [0.29, 0.717) is 13.2 Å². The Morgan fingerprint density at radius 1 is 0.765 bits per heavy atom. The number of hydrogen-bond donors (Lipinski definition) is 1. The molecule has 0 saturated carbocycles. The summed E-state index contributed by atoms with van der Waals surface area (Å²) in [6, 6.07) is 34.8. The van der Waals surface area contributed by atoms with Gasteiger partial charge in [0.2, 0.25) is 0 Å². The number of benzene rings is 4. The lowest BCUT2D eigenvalue weighted by Gasteiger charge is -2.22. The fourth-order valence-electron chi connectivity index (χ4n) is 4.19. The first kappa shape index (κ1) is 24.0. The molecular formula is C30H33NO3. The lowest BCUT2D eigenvalue weighted by molar-refractivity contribution is 0.0581. The fraction of sp³-hybridized carbons (Fsp3) is 0.267. The Kier molecular flexibility index (Phi) is 8.69. The van der Waals surface area contributed by atoms with Crippen LogP contribution < -0.4 is 4.74 Å². The third-order valence-electron chi connectivity index (χ3n) is 5.88. The molecule has 0 radical (unpaired) electrons. The van der Waals surface area contributed by atoms with Gasteiger partial charge in [0.15, 0.2) is 0 Å². The van der Waals surface area contributed by atoms with Crippen LogP contribution in [0.5, 0.6) is 5.75 Å². The first-order valence-electron chi connectivity index (χ1n) is 11.9. The van der Waals surface area contributed by atoms with Crippen molar-refractivity contribution >= 4 is 10.8 Å². The van der Waals surface area contributed by atoms with E-state index in [1.807, 2.05) is 73.8 Å². The van der Waals surface area contributed by atoms with Gasteiger partial charge in [0, 0.05) is 25.1 Å². The van der Waals surface area contributed by atoms with Crippen molar-refractivity contribution in [2.75, 3.05) is 33.4 Å². The second-order valence-corrected chi connectivity index (χ2v) is 8.63. The zero-order valence-electron chi connectivity index (χ0n) is 19.7. The average Bonchev–Trinajstić information content (AvgIpc) is 2.88. The molecule has 0 aliphatic heterocycles. The van der Waals surface area contributed by atoms with Crippen LogP contribution in [0.2, 0.25) is 0 Å². The van der Waals surface area contributed by atoms with Gasteiger partial charge < -0.3 is 19.5 Å². The molecule has 4 aromatic carbocycles. The van der Waals surface area contributed by atoms with E-state index in [-0.39, 0.29) is 12.7 Å². The van der Waals surface area contributed by atoms with Gasteiger partial charge in [-0.1, -0.05) is 97.1 Å². The lowest BCUT2D eigenvalue weighted by atomic mass is 10.0. The topological polar surface area (TPSA) is 41.9 Å². The molecule has 0 spiro atoms. The van der Waals surface area contributed by atoms with E-state index in [9.17, 15) is 5.11 Å². The number of aliphatic hydroxyl groups is 1. The summed E-state index contributed by atoms with van der Waals surface area (Å²) in [5.74, 6) is 0.807. The summed E-state index contributed by atoms with van der Waals surface area (Å²) in [6.45, 7) is 2.29. The van der Waals surface area contributed by atoms with Crippen LogP contribution in [0.4, 0.5) is 0 Å². The van der Waals surface area contributed by atoms with Gasteiger partial charge in [0.25, 0.3) is 0 Å². The van der Waals surface area contributed by atoms with Crippen molar-refractivity contribution in [1.29, 1.82) is 0 Å². The minimum atomic E-state index is -0.564. The summed E-state index contributed by atoms with van der Waals surface area (Å²) in [4.78, 5) is 2.13. The predicted molar refractivity (Wildman–Crippen MR) is 138 cm³/mol. The Morgan fingerprint density at radius 2 is 1.38 bits per heavy atom. The molecule has 0 bridgehead atoms. The molecule has 4 heteroatoms. The molecule has 0 saturated heterocycles. The van der Waals surface area contributed by atoms with Gasteiger partial charge in [-0.05, 0) is 36.0 Å². The quantitative estimate of drug-likeness (QED) is 0.278. The zero-order valence-corrected chi connectivity index (χ0v) is 19.7. The summed E-state index contributed by atoms with van der Waals surface area (Å²) in [5, 5.41) is 12.7. The van der Waals surface area contributed by atoms with E-state index in [1.165, 1.54) is 0 Å². The largest absolute Gasteiger partial charge is 0.490 e. The first-order valence-corrected chi connectivity index (χ1v) is 11.9. The van der Waals surface area contributed by atoms with E-state index in [4.69, 9.17) is 9.47 Å². The summed E-state index contributed by atoms with van der Waals surface area (Å²) in [6.07, 6.45) is 0.238. The highest BCUT2D eigenvalue weighted by molar-refractivity contribution is 5.88. The van der Waals surface area contributed by atoms with Crippen molar-refractivity contribution in [3.63, 3.8) is 0 Å². The highest BCUT2D eigenvalue weighted by Crippen LogP contribution is 2.26. The number of rotatable bonds is 12. The summed E-state index contributed by atoms with van der Waals surface area (Å²) >= 11 is 0. The Balaban J connectivity index is 1.22. The van der Waals surface area contributed by atoms with Gasteiger partial charge in [-0.25, -0.2) is 0 Å². The standard InChI is InChI=1S/C30H33NO3/c1-31(22-27(32)23-34-29-19-10-17-24-12-8-9-18-28(24)29)20-11-21-33-30(25-13-4-2-5-14-25)26-15-6-3-7-16-26/h2-10,12-19,27,30,32H,11,20-23H2,1H3. The normalized spacial score (nSPS) is 12.4. The van der Waals surface area contributed by atoms with Crippen LogP contribution in [0.15, 0.2) is 103 Å². The molecule has 0 aromatic heterocycles. The van der Waals surface area contributed by atoms with Crippen molar-refractivity contribution in [2.45, 2.75) is 18.6 Å². The number of nitrogens with zero attached hydrogens (tertiary/aromatic N) is 1. The van der Waals surface area contributed by atoms with Crippen molar-refractivity contribution < 1.29 is 14.6 Å². The number of aliphatic hydroxyl groups excluding tert-OH is 1. The number of fused-ring (bicyclic) bond motifs is 1. The van der Waals surface area contributed by atoms with Crippen LogP contribution in [-0.2, 0) is 4.74 Å².